The molecule has 0 amide bonds. The van der Waals surface area contributed by atoms with Crippen LogP contribution >= 0.6 is 0 Å². The molecule has 0 heterocycles. The Morgan fingerprint density at radius 1 is 1.05 bits per heavy atom. The van der Waals surface area contributed by atoms with Crippen molar-refractivity contribution < 1.29 is 18.0 Å². The quantitative estimate of drug-likeness (QED) is 0.803. The first kappa shape index (κ1) is 13.8. The minimum absolute atomic E-state index is 0.121. The fourth-order valence-electron chi connectivity index (χ4n) is 1.84. The van der Waals surface area contributed by atoms with Crippen molar-refractivity contribution in [2.75, 3.05) is 0 Å². The average molecular weight is 275 g/mol. The summed E-state index contributed by atoms with van der Waals surface area (Å²) >= 11 is 0. The average Bonchev–Trinajstić information content (AvgIpc) is 2.40. The Morgan fingerprint density at radius 2 is 1.65 bits per heavy atom. The van der Waals surface area contributed by atoms with E-state index in [2.05, 4.69) is 0 Å². The third-order valence-electron chi connectivity index (χ3n) is 2.75. The van der Waals surface area contributed by atoms with E-state index in [0.717, 1.165) is 18.2 Å². The van der Waals surface area contributed by atoms with E-state index in [1.807, 2.05) is 0 Å². The van der Waals surface area contributed by atoms with E-state index in [4.69, 9.17) is 5.26 Å². The van der Waals surface area contributed by atoms with Gasteiger partial charge in [0.15, 0.2) is 5.78 Å². The molecule has 2 aromatic carbocycles. The number of carbonyl (C=O) groups is 1. The minimum Gasteiger partial charge on any atom is -0.292 e. The molecule has 0 saturated heterocycles. The van der Waals surface area contributed by atoms with Gasteiger partial charge in [-0.05, 0) is 18.2 Å². The van der Waals surface area contributed by atoms with Gasteiger partial charge in [-0.2, -0.15) is 5.26 Å². The smallest absolute Gasteiger partial charge is 0.184 e. The number of ketones is 1. The minimum atomic E-state index is -1.45. The highest BCUT2D eigenvalue weighted by Crippen LogP contribution is 2.23. The summed E-state index contributed by atoms with van der Waals surface area (Å²) in [6, 6.07) is 9.20. The summed E-state index contributed by atoms with van der Waals surface area (Å²) in [6.45, 7) is 0. The van der Waals surface area contributed by atoms with Crippen LogP contribution in [-0.2, 0) is 0 Å². The standard InChI is InChI=1S/C15H8F3NO/c16-10-5-9(6-11(17)7-10)15(20)13(8-19)12-3-1-2-4-14(12)18/h1-7,13H. The highest BCUT2D eigenvalue weighted by atomic mass is 19.1. The van der Waals surface area contributed by atoms with Crippen molar-refractivity contribution in [3.8, 4) is 6.07 Å². The Bertz CT molecular complexity index is 686. The van der Waals surface area contributed by atoms with Crippen LogP contribution in [0.25, 0.3) is 0 Å². The van der Waals surface area contributed by atoms with E-state index in [0.29, 0.717) is 6.07 Å². The number of rotatable bonds is 3. The van der Waals surface area contributed by atoms with E-state index in [-0.39, 0.29) is 11.1 Å². The second-order valence-corrected chi connectivity index (χ2v) is 4.11. The number of hydrogen-bond acceptors (Lipinski definition) is 2. The molecule has 0 aromatic heterocycles. The van der Waals surface area contributed by atoms with Crippen molar-refractivity contribution in [2.45, 2.75) is 5.92 Å². The molecule has 20 heavy (non-hydrogen) atoms. The van der Waals surface area contributed by atoms with Crippen LogP contribution in [-0.4, -0.2) is 5.78 Å². The first-order valence-corrected chi connectivity index (χ1v) is 5.67. The van der Waals surface area contributed by atoms with E-state index < -0.39 is 29.2 Å². The number of Topliss-reactive ketones (excluding diaryl/α,β-unsaturated/α-hetero) is 1. The van der Waals surface area contributed by atoms with E-state index in [1.54, 1.807) is 6.07 Å². The van der Waals surface area contributed by atoms with Crippen molar-refractivity contribution >= 4 is 5.78 Å². The fourth-order valence-corrected chi connectivity index (χ4v) is 1.84. The molecular formula is C15H8F3NO. The van der Waals surface area contributed by atoms with Gasteiger partial charge in [-0.1, -0.05) is 18.2 Å². The molecule has 2 aromatic rings. The third kappa shape index (κ3) is 2.69. The number of nitrogens with zero attached hydrogens (tertiary/aromatic N) is 1. The molecule has 2 nitrogen and oxygen atoms in total. The molecule has 1 atom stereocenters. The zero-order chi connectivity index (χ0) is 14.7. The van der Waals surface area contributed by atoms with E-state index >= 15 is 0 Å². The second kappa shape index (κ2) is 5.57. The van der Waals surface area contributed by atoms with Gasteiger partial charge in [-0.3, -0.25) is 4.79 Å². The molecule has 0 bridgehead atoms. The van der Waals surface area contributed by atoms with Gasteiger partial charge in [0.25, 0.3) is 0 Å². The molecule has 1 unspecified atom stereocenters. The number of hydrogen-bond donors (Lipinski definition) is 0. The molecule has 0 spiro atoms. The van der Waals surface area contributed by atoms with Gasteiger partial charge in [0.2, 0.25) is 0 Å². The summed E-state index contributed by atoms with van der Waals surface area (Å²) < 4.78 is 39.8. The van der Waals surface area contributed by atoms with E-state index in [9.17, 15) is 18.0 Å². The zero-order valence-corrected chi connectivity index (χ0v) is 10.1. The van der Waals surface area contributed by atoms with Gasteiger partial charge < -0.3 is 0 Å². The largest absolute Gasteiger partial charge is 0.292 e. The van der Waals surface area contributed by atoms with Gasteiger partial charge in [0.1, 0.15) is 23.4 Å². The summed E-state index contributed by atoms with van der Waals surface area (Å²) in [5.74, 6) is -4.88. The molecule has 0 aliphatic heterocycles. The van der Waals surface area contributed by atoms with Crippen LogP contribution < -0.4 is 0 Å². The fraction of sp³-hybridized carbons (Fsp3) is 0.0667. The van der Waals surface area contributed by atoms with Crippen molar-refractivity contribution in [2.24, 2.45) is 0 Å². The highest BCUT2D eigenvalue weighted by molar-refractivity contribution is 6.02. The Kier molecular flexibility index (Phi) is 3.85. The van der Waals surface area contributed by atoms with Crippen LogP contribution in [0.2, 0.25) is 0 Å². The molecule has 0 fully saturated rings. The first-order valence-electron chi connectivity index (χ1n) is 5.67. The molecular weight excluding hydrogens is 267 g/mol. The predicted octanol–water partition coefficient (Wildman–Crippen LogP) is 3.59. The maximum Gasteiger partial charge on any atom is 0.184 e. The lowest BCUT2D eigenvalue weighted by atomic mass is 9.91. The topological polar surface area (TPSA) is 40.9 Å². The monoisotopic (exact) mass is 275 g/mol. The molecule has 0 aliphatic carbocycles. The van der Waals surface area contributed by atoms with Gasteiger partial charge in [0, 0.05) is 17.2 Å². The number of benzene rings is 2. The van der Waals surface area contributed by atoms with Crippen molar-refractivity contribution in [1.82, 2.24) is 0 Å². The highest BCUT2D eigenvalue weighted by Gasteiger charge is 2.25. The van der Waals surface area contributed by atoms with Crippen molar-refractivity contribution in [3.63, 3.8) is 0 Å². The van der Waals surface area contributed by atoms with Gasteiger partial charge in [-0.25, -0.2) is 13.2 Å². The number of nitriles is 1. The Labute approximate surface area is 113 Å². The molecule has 0 saturated carbocycles. The van der Waals surface area contributed by atoms with Gasteiger partial charge in [0.05, 0.1) is 6.07 Å². The van der Waals surface area contributed by atoms with Crippen LogP contribution in [0.3, 0.4) is 0 Å². The number of carbonyl (C=O) groups excluding carboxylic acids is 1. The lowest BCUT2D eigenvalue weighted by Gasteiger charge is -2.09. The molecule has 0 N–H and O–H groups in total. The summed E-state index contributed by atoms with van der Waals surface area (Å²) in [4.78, 5) is 12.1. The van der Waals surface area contributed by atoms with Crippen LogP contribution in [0.4, 0.5) is 13.2 Å². The second-order valence-electron chi connectivity index (χ2n) is 4.11. The summed E-state index contributed by atoms with van der Waals surface area (Å²) in [7, 11) is 0. The molecule has 100 valence electrons. The lowest BCUT2D eigenvalue weighted by molar-refractivity contribution is 0.0976. The molecule has 0 aliphatic rings. The summed E-state index contributed by atoms with van der Waals surface area (Å²) in [5.41, 5.74) is -0.429. The summed E-state index contributed by atoms with van der Waals surface area (Å²) in [5, 5.41) is 9.05. The molecule has 5 heteroatoms. The van der Waals surface area contributed by atoms with Crippen molar-refractivity contribution in [1.29, 1.82) is 5.26 Å². The van der Waals surface area contributed by atoms with Crippen LogP contribution in [0.1, 0.15) is 21.8 Å². The third-order valence-corrected chi connectivity index (χ3v) is 2.75. The summed E-state index contributed by atoms with van der Waals surface area (Å²) in [6.07, 6.45) is 0. The van der Waals surface area contributed by atoms with Crippen LogP contribution in [0.15, 0.2) is 42.5 Å². The molecule has 0 radical (unpaired) electrons. The normalized spacial score (nSPS) is 11.7. The van der Waals surface area contributed by atoms with Gasteiger partial charge >= 0.3 is 0 Å². The van der Waals surface area contributed by atoms with Crippen LogP contribution in [0.5, 0.6) is 0 Å². The van der Waals surface area contributed by atoms with E-state index in [1.165, 1.54) is 18.2 Å². The first-order chi connectivity index (χ1) is 9.52. The molecule has 2 rings (SSSR count). The SMILES string of the molecule is N#CC(C(=O)c1cc(F)cc(F)c1)c1ccccc1F. The van der Waals surface area contributed by atoms with Crippen molar-refractivity contribution in [3.05, 3.63) is 71.0 Å². The Hall–Kier alpha value is -2.61. The number of halogens is 3. The Morgan fingerprint density at radius 3 is 2.20 bits per heavy atom. The maximum absolute atomic E-state index is 13.6. The van der Waals surface area contributed by atoms with Crippen LogP contribution in [0, 0.1) is 28.8 Å². The van der Waals surface area contributed by atoms with Gasteiger partial charge in [-0.15, -0.1) is 0 Å². The predicted molar refractivity (Wildman–Crippen MR) is 65.4 cm³/mol. The maximum atomic E-state index is 13.6. The Balaban J connectivity index is 2.45. The lowest BCUT2D eigenvalue weighted by Crippen LogP contribution is -2.13. The zero-order valence-electron chi connectivity index (χ0n) is 10.1.